The predicted octanol–water partition coefficient (Wildman–Crippen LogP) is 4.44. The second kappa shape index (κ2) is 8.66. The highest BCUT2D eigenvalue weighted by molar-refractivity contribution is 6.31. The van der Waals surface area contributed by atoms with Crippen LogP contribution in [0.4, 0.5) is 33.7 Å². The fraction of sp³-hybridized carbons (Fsp3) is 0.222. The number of rotatable bonds is 5. The van der Waals surface area contributed by atoms with E-state index >= 15 is 0 Å². The van der Waals surface area contributed by atoms with Crippen LogP contribution in [0.3, 0.4) is 0 Å². The number of urea groups is 1. The van der Waals surface area contributed by atoms with Gasteiger partial charge in [-0.25, -0.2) is 14.0 Å². The van der Waals surface area contributed by atoms with Gasteiger partial charge in [0.05, 0.1) is 11.6 Å². The third kappa shape index (κ3) is 4.96. The van der Waals surface area contributed by atoms with Crippen molar-refractivity contribution in [3.8, 4) is 0 Å². The molecule has 29 heavy (non-hydrogen) atoms. The van der Waals surface area contributed by atoms with Gasteiger partial charge in [0.1, 0.15) is 5.82 Å². The molecule has 0 aliphatic rings. The van der Waals surface area contributed by atoms with E-state index in [2.05, 4.69) is 15.4 Å². The summed E-state index contributed by atoms with van der Waals surface area (Å²) < 4.78 is 57.4. The summed E-state index contributed by atoms with van der Waals surface area (Å²) in [6.45, 7) is 0.944. The largest absolute Gasteiger partial charge is 0.463 e. The molecule has 6 nitrogen and oxygen atoms in total. The number of amides is 2. The van der Waals surface area contributed by atoms with E-state index in [0.717, 1.165) is 30.3 Å². The van der Waals surface area contributed by atoms with Crippen molar-refractivity contribution in [1.29, 1.82) is 0 Å². The quantitative estimate of drug-likeness (QED) is 0.479. The lowest BCUT2D eigenvalue weighted by Crippen LogP contribution is -2.50. The van der Waals surface area contributed by atoms with Gasteiger partial charge < -0.3 is 20.5 Å². The van der Waals surface area contributed by atoms with Gasteiger partial charge in [-0.3, -0.25) is 0 Å². The lowest BCUT2D eigenvalue weighted by molar-refractivity contribution is -0.267. The Morgan fingerprint density at radius 3 is 2.14 bits per heavy atom. The van der Waals surface area contributed by atoms with Crippen LogP contribution in [0.25, 0.3) is 0 Å². The topological polar surface area (TPSA) is 87.7 Å². The zero-order chi connectivity index (χ0) is 21.8. The number of alkyl halides is 3. The van der Waals surface area contributed by atoms with E-state index < -0.39 is 35.2 Å². The number of nitrogens with one attached hydrogen (secondary N) is 2. The van der Waals surface area contributed by atoms with Gasteiger partial charge in [0.15, 0.2) is 0 Å². The maximum Gasteiger partial charge on any atom is 0.432 e. The maximum atomic E-state index is 13.3. The van der Waals surface area contributed by atoms with Crippen LogP contribution in [-0.2, 0) is 15.1 Å². The van der Waals surface area contributed by atoms with Crippen LogP contribution in [0.15, 0.2) is 42.5 Å². The Labute approximate surface area is 167 Å². The highest BCUT2D eigenvalue weighted by Crippen LogP contribution is 2.40. The fourth-order valence-corrected chi connectivity index (χ4v) is 2.48. The van der Waals surface area contributed by atoms with Gasteiger partial charge in [-0.2, -0.15) is 13.2 Å². The normalized spacial score (nSPS) is 13.3. The molecule has 0 unspecified atom stereocenters. The molecule has 11 heteroatoms. The van der Waals surface area contributed by atoms with Gasteiger partial charge >= 0.3 is 18.2 Å². The molecule has 0 aliphatic carbocycles. The van der Waals surface area contributed by atoms with Gasteiger partial charge in [0, 0.05) is 16.9 Å². The average molecular weight is 435 g/mol. The van der Waals surface area contributed by atoms with Crippen molar-refractivity contribution in [3.63, 3.8) is 0 Å². The van der Waals surface area contributed by atoms with Crippen LogP contribution < -0.4 is 10.6 Å². The molecule has 2 aromatic carbocycles. The first kappa shape index (κ1) is 22.4. The number of hydrogen-bond acceptors (Lipinski definition) is 4. The van der Waals surface area contributed by atoms with Crippen molar-refractivity contribution in [2.45, 2.75) is 18.7 Å². The average Bonchev–Trinajstić information content (AvgIpc) is 2.64. The van der Waals surface area contributed by atoms with E-state index in [1.807, 2.05) is 0 Å². The lowest BCUT2D eigenvalue weighted by Gasteiger charge is -2.28. The standard InChI is InChI=1S/C18H15ClF4N2O4/c1-2-29-15(26)17(28,18(21,22)23)10-3-5-11(6-4-10)24-16(27)25-12-7-8-14(20)13(19)9-12/h3-9,28H,2H2,1H3,(H2,24,25,27)/t17-/m1/s1. The molecule has 0 saturated carbocycles. The third-order valence-electron chi connectivity index (χ3n) is 3.72. The summed E-state index contributed by atoms with van der Waals surface area (Å²) in [5, 5.41) is 14.5. The summed E-state index contributed by atoms with van der Waals surface area (Å²) in [7, 11) is 0. The summed E-state index contributed by atoms with van der Waals surface area (Å²) in [5.74, 6) is -2.54. The number of halogens is 5. The molecule has 0 fully saturated rings. The molecular formula is C18H15ClF4N2O4. The van der Waals surface area contributed by atoms with E-state index in [-0.39, 0.29) is 23.0 Å². The number of carbonyl (C=O) groups is 2. The van der Waals surface area contributed by atoms with E-state index in [1.54, 1.807) is 0 Å². The van der Waals surface area contributed by atoms with E-state index in [0.29, 0.717) is 0 Å². The molecule has 1 atom stereocenters. The molecule has 0 bridgehead atoms. The molecule has 0 spiro atoms. The van der Waals surface area contributed by atoms with Crippen molar-refractivity contribution in [3.05, 3.63) is 58.9 Å². The Kier molecular flexibility index (Phi) is 6.70. The van der Waals surface area contributed by atoms with Crippen LogP contribution >= 0.6 is 11.6 Å². The molecule has 0 saturated heterocycles. The van der Waals surface area contributed by atoms with E-state index in [1.165, 1.54) is 19.1 Å². The first-order chi connectivity index (χ1) is 13.5. The number of benzene rings is 2. The first-order valence-electron chi connectivity index (χ1n) is 8.09. The number of anilines is 2. The number of aliphatic hydroxyl groups is 1. The van der Waals surface area contributed by atoms with Gasteiger partial charge in [0.25, 0.3) is 5.60 Å². The zero-order valence-corrected chi connectivity index (χ0v) is 15.6. The van der Waals surface area contributed by atoms with Crippen LogP contribution in [0.1, 0.15) is 12.5 Å². The fourth-order valence-electron chi connectivity index (χ4n) is 2.29. The smallest absolute Gasteiger partial charge is 0.432 e. The minimum Gasteiger partial charge on any atom is -0.463 e. The minimum absolute atomic E-state index is 0.0628. The first-order valence-corrected chi connectivity index (χ1v) is 8.46. The van der Waals surface area contributed by atoms with Crippen molar-refractivity contribution >= 4 is 35.0 Å². The molecule has 2 aromatic rings. The van der Waals surface area contributed by atoms with Gasteiger partial charge in [-0.15, -0.1) is 0 Å². The maximum absolute atomic E-state index is 13.3. The van der Waals surface area contributed by atoms with E-state index in [9.17, 15) is 32.3 Å². The molecule has 0 heterocycles. The molecule has 2 rings (SSSR count). The van der Waals surface area contributed by atoms with Crippen LogP contribution in [0.5, 0.6) is 0 Å². The number of hydrogen-bond donors (Lipinski definition) is 3. The second-order valence-electron chi connectivity index (χ2n) is 5.71. The molecule has 0 radical (unpaired) electrons. The Balaban J connectivity index is 2.16. The van der Waals surface area contributed by atoms with E-state index in [4.69, 9.17) is 11.6 Å². The number of carbonyl (C=O) groups excluding carboxylic acids is 2. The molecule has 2 amide bonds. The van der Waals surface area contributed by atoms with Crippen molar-refractivity contribution in [2.75, 3.05) is 17.2 Å². The number of ether oxygens (including phenoxy) is 1. The predicted molar refractivity (Wildman–Crippen MR) is 97.1 cm³/mol. The Hall–Kier alpha value is -2.85. The minimum atomic E-state index is -5.33. The molecule has 156 valence electrons. The van der Waals surface area contributed by atoms with Gasteiger partial charge in [-0.05, 0) is 37.3 Å². The zero-order valence-electron chi connectivity index (χ0n) is 14.8. The van der Waals surface area contributed by atoms with Crippen molar-refractivity contribution in [2.24, 2.45) is 0 Å². The highest BCUT2D eigenvalue weighted by atomic mass is 35.5. The molecule has 3 N–H and O–H groups in total. The van der Waals surface area contributed by atoms with Crippen LogP contribution in [-0.4, -0.2) is 29.9 Å². The monoisotopic (exact) mass is 434 g/mol. The molecular weight excluding hydrogens is 420 g/mol. The van der Waals surface area contributed by atoms with Crippen LogP contribution in [0.2, 0.25) is 5.02 Å². The van der Waals surface area contributed by atoms with Crippen LogP contribution in [0, 0.1) is 5.82 Å². The molecule has 0 aromatic heterocycles. The van der Waals surface area contributed by atoms with Crippen molar-refractivity contribution < 1.29 is 37.0 Å². The highest BCUT2D eigenvalue weighted by Gasteiger charge is 2.62. The third-order valence-corrected chi connectivity index (χ3v) is 4.01. The van der Waals surface area contributed by atoms with Gasteiger partial charge in [-0.1, -0.05) is 23.7 Å². The Bertz CT molecular complexity index is 906. The summed E-state index contributed by atoms with van der Waals surface area (Å²) in [5.41, 5.74) is -4.39. The second-order valence-corrected chi connectivity index (χ2v) is 6.12. The summed E-state index contributed by atoms with van der Waals surface area (Å²) in [6, 6.07) is 6.46. The van der Waals surface area contributed by atoms with Gasteiger partial charge in [0.2, 0.25) is 0 Å². The SMILES string of the molecule is CCOC(=O)[C@](O)(c1ccc(NC(=O)Nc2ccc(F)c(Cl)c2)cc1)C(F)(F)F. The van der Waals surface area contributed by atoms with Crippen molar-refractivity contribution in [1.82, 2.24) is 0 Å². The summed E-state index contributed by atoms with van der Waals surface area (Å²) in [6.07, 6.45) is -5.33. The Morgan fingerprint density at radius 1 is 1.07 bits per heavy atom. The summed E-state index contributed by atoms with van der Waals surface area (Å²) >= 11 is 5.60. The lowest BCUT2D eigenvalue weighted by atomic mass is 9.93. The summed E-state index contributed by atoms with van der Waals surface area (Å²) in [4.78, 5) is 23.7. The number of esters is 1. The Morgan fingerprint density at radius 2 is 1.62 bits per heavy atom. The molecule has 0 aliphatic heterocycles.